The molecule has 1 heteroatoms. The van der Waals surface area contributed by atoms with Crippen LogP contribution in [0.4, 0.5) is 0 Å². The molecule has 0 radical (unpaired) electrons. The zero-order valence-electron chi connectivity index (χ0n) is 7.09. The first-order valence-corrected chi connectivity index (χ1v) is 4.60. The van der Waals surface area contributed by atoms with Gasteiger partial charge in [0.2, 0.25) is 0 Å². The van der Waals surface area contributed by atoms with E-state index in [4.69, 9.17) is 0 Å². The minimum atomic E-state index is 0.851. The molecule has 1 aromatic carbocycles. The second-order valence-electron chi connectivity index (χ2n) is 2.78. The van der Waals surface area contributed by atoms with Gasteiger partial charge in [-0.25, -0.2) is 0 Å². The van der Waals surface area contributed by atoms with Crippen molar-refractivity contribution in [1.82, 2.24) is 0 Å². The predicted octanol–water partition coefficient (Wildman–Crippen LogP) is 2.99. The van der Waals surface area contributed by atoms with Crippen LogP contribution in [0, 0.1) is 6.92 Å². The van der Waals surface area contributed by atoms with Gasteiger partial charge in [0.05, 0.1) is 0 Å². The van der Waals surface area contributed by atoms with E-state index in [0.29, 0.717) is 0 Å². The second-order valence-corrected chi connectivity index (χ2v) is 3.10. The average molecular weight is 166 g/mol. The zero-order valence-corrected chi connectivity index (χ0v) is 7.99. The summed E-state index contributed by atoms with van der Waals surface area (Å²) in [6.07, 6.45) is 1.11. The van der Waals surface area contributed by atoms with E-state index in [1.165, 1.54) is 16.7 Å². The van der Waals surface area contributed by atoms with E-state index >= 15 is 0 Å². The molecule has 1 aromatic rings. The molecule has 0 atom stereocenters. The van der Waals surface area contributed by atoms with Crippen LogP contribution in [0.15, 0.2) is 18.2 Å². The van der Waals surface area contributed by atoms with E-state index in [1.807, 2.05) is 0 Å². The highest BCUT2D eigenvalue weighted by Gasteiger charge is 1.97. The molecular formula is C10H14S. The fourth-order valence-electron chi connectivity index (χ4n) is 1.24. The number of rotatable bonds is 2. The van der Waals surface area contributed by atoms with Gasteiger partial charge < -0.3 is 0 Å². The van der Waals surface area contributed by atoms with Crippen LogP contribution >= 0.6 is 12.6 Å². The quantitative estimate of drug-likeness (QED) is 0.642. The fraction of sp³-hybridized carbons (Fsp3) is 0.400. The van der Waals surface area contributed by atoms with Crippen molar-refractivity contribution in [2.45, 2.75) is 26.0 Å². The van der Waals surface area contributed by atoms with Crippen molar-refractivity contribution in [3.63, 3.8) is 0 Å². The van der Waals surface area contributed by atoms with Gasteiger partial charge in [-0.05, 0) is 24.5 Å². The maximum Gasteiger partial charge on any atom is 0.0157 e. The van der Waals surface area contributed by atoms with Crippen molar-refractivity contribution in [2.24, 2.45) is 0 Å². The van der Waals surface area contributed by atoms with Crippen LogP contribution in [0.2, 0.25) is 0 Å². The van der Waals surface area contributed by atoms with Gasteiger partial charge in [-0.2, -0.15) is 12.6 Å². The Morgan fingerprint density at radius 1 is 1.27 bits per heavy atom. The molecule has 0 saturated heterocycles. The maximum atomic E-state index is 4.27. The van der Waals surface area contributed by atoms with Crippen molar-refractivity contribution in [1.29, 1.82) is 0 Å². The third-order valence-corrected chi connectivity index (χ3v) is 2.25. The molecule has 0 spiro atoms. The standard InChI is InChI=1S/C10H14S/c1-3-9-6-8(2)4-5-10(9)7-11/h4-6,11H,3,7H2,1-2H3. The van der Waals surface area contributed by atoms with Crippen LogP contribution in [0.1, 0.15) is 23.6 Å². The van der Waals surface area contributed by atoms with Crippen molar-refractivity contribution < 1.29 is 0 Å². The molecule has 0 N–H and O–H groups in total. The lowest BCUT2D eigenvalue weighted by atomic mass is 10.0. The van der Waals surface area contributed by atoms with E-state index in [-0.39, 0.29) is 0 Å². The van der Waals surface area contributed by atoms with E-state index in [1.54, 1.807) is 0 Å². The van der Waals surface area contributed by atoms with Gasteiger partial charge in [0, 0.05) is 5.75 Å². The summed E-state index contributed by atoms with van der Waals surface area (Å²) in [5.74, 6) is 0.851. The lowest BCUT2D eigenvalue weighted by molar-refractivity contribution is 1.09. The summed E-state index contributed by atoms with van der Waals surface area (Å²) in [5.41, 5.74) is 4.13. The summed E-state index contributed by atoms with van der Waals surface area (Å²) < 4.78 is 0. The molecule has 60 valence electrons. The Hall–Kier alpha value is -0.430. The van der Waals surface area contributed by atoms with Crippen LogP contribution < -0.4 is 0 Å². The SMILES string of the molecule is CCc1cc(C)ccc1CS. The first kappa shape index (κ1) is 8.66. The van der Waals surface area contributed by atoms with Gasteiger partial charge in [0.15, 0.2) is 0 Å². The molecular weight excluding hydrogens is 152 g/mol. The van der Waals surface area contributed by atoms with E-state index < -0.39 is 0 Å². The van der Waals surface area contributed by atoms with E-state index in [2.05, 4.69) is 44.7 Å². The minimum absolute atomic E-state index is 0.851. The molecule has 11 heavy (non-hydrogen) atoms. The van der Waals surface area contributed by atoms with Crippen LogP contribution in [0.25, 0.3) is 0 Å². The second kappa shape index (κ2) is 3.82. The van der Waals surface area contributed by atoms with Gasteiger partial charge >= 0.3 is 0 Å². The number of hydrogen-bond acceptors (Lipinski definition) is 1. The van der Waals surface area contributed by atoms with Gasteiger partial charge in [0.25, 0.3) is 0 Å². The average Bonchev–Trinajstić information content (AvgIpc) is 2.04. The summed E-state index contributed by atoms with van der Waals surface area (Å²) in [4.78, 5) is 0. The molecule has 0 heterocycles. The van der Waals surface area contributed by atoms with E-state index in [0.717, 1.165) is 12.2 Å². The van der Waals surface area contributed by atoms with Crippen molar-refractivity contribution >= 4 is 12.6 Å². The minimum Gasteiger partial charge on any atom is -0.175 e. The molecule has 0 aromatic heterocycles. The van der Waals surface area contributed by atoms with Crippen LogP contribution in [0.5, 0.6) is 0 Å². The number of benzene rings is 1. The topological polar surface area (TPSA) is 0 Å². The number of thiol groups is 1. The Bertz CT molecular complexity index is 241. The highest BCUT2D eigenvalue weighted by molar-refractivity contribution is 7.79. The van der Waals surface area contributed by atoms with E-state index in [9.17, 15) is 0 Å². The highest BCUT2D eigenvalue weighted by Crippen LogP contribution is 2.13. The van der Waals surface area contributed by atoms with Gasteiger partial charge in [-0.15, -0.1) is 0 Å². The third-order valence-electron chi connectivity index (χ3n) is 1.91. The first-order chi connectivity index (χ1) is 5.27. The molecule has 0 fully saturated rings. The Kier molecular flexibility index (Phi) is 3.01. The van der Waals surface area contributed by atoms with Gasteiger partial charge in [0.1, 0.15) is 0 Å². The molecule has 0 unspecified atom stereocenters. The van der Waals surface area contributed by atoms with Gasteiger partial charge in [-0.1, -0.05) is 30.7 Å². The molecule has 0 saturated carbocycles. The molecule has 0 bridgehead atoms. The summed E-state index contributed by atoms with van der Waals surface area (Å²) in [6, 6.07) is 6.55. The zero-order chi connectivity index (χ0) is 8.27. The summed E-state index contributed by atoms with van der Waals surface area (Å²) in [6.45, 7) is 4.31. The summed E-state index contributed by atoms with van der Waals surface area (Å²) in [7, 11) is 0. The Morgan fingerprint density at radius 2 is 2.00 bits per heavy atom. The summed E-state index contributed by atoms with van der Waals surface area (Å²) in [5, 5.41) is 0. The molecule has 0 aliphatic carbocycles. The van der Waals surface area contributed by atoms with Crippen LogP contribution in [-0.2, 0) is 12.2 Å². The van der Waals surface area contributed by atoms with Crippen molar-refractivity contribution in [2.75, 3.05) is 0 Å². The van der Waals surface area contributed by atoms with Crippen LogP contribution in [-0.4, -0.2) is 0 Å². The smallest absolute Gasteiger partial charge is 0.0157 e. The van der Waals surface area contributed by atoms with Crippen LogP contribution in [0.3, 0.4) is 0 Å². The number of hydrogen-bond donors (Lipinski definition) is 1. The summed E-state index contributed by atoms with van der Waals surface area (Å²) >= 11 is 4.27. The highest BCUT2D eigenvalue weighted by atomic mass is 32.1. The largest absolute Gasteiger partial charge is 0.175 e. The Balaban J connectivity index is 3.06. The molecule has 0 aliphatic rings. The van der Waals surface area contributed by atoms with Gasteiger partial charge in [-0.3, -0.25) is 0 Å². The normalized spacial score (nSPS) is 10.1. The first-order valence-electron chi connectivity index (χ1n) is 3.97. The molecule has 0 amide bonds. The maximum absolute atomic E-state index is 4.27. The van der Waals surface area contributed by atoms with Crippen molar-refractivity contribution in [3.05, 3.63) is 34.9 Å². The predicted molar refractivity (Wildman–Crippen MR) is 53.2 cm³/mol. The lowest BCUT2D eigenvalue weighted by Gasteiger charge is -2.05. The molecule has 0 nitrogen and oxygen atoms in total. The Morgan fingerprint density at radius 3 is 2.55 bits per heavy atom. The molecule has 1 rings (SSSR count). The lowest BCUT2D eigenvalue weighted by Crippen LogP contribution is -1.89. The third kappa shape index (κ3) is 2.00. The Labute approximate surface area is 74.0 Å². The monoisotopic (exact) mass is 166 g/mol. The number of aryl methyl sites for hydroxylation is 2. The fourth-order valence-corrected chi connectivity index (χ4v) is 1.55. The van der Waals surface area contributed by atoms with Crippen molar-refractivity contribution in [3.8, 4) is 0 Å². The molecule has 0 aliphatic heterocycles.